The third-order valence-electron chi connectivity index (χ3n) is 1.84. The van der Waals surface area contributed by atoms with Crippen LogP contribution in [-0.4, -0.2) is 12.0 Å². The topological polar surface area (TPSA) is 36.4 Å². The maximum atomic E-state index is 5.92. The molecule has 0 aromatic heterocycles. The molecule has 0 radical (unpaired) electrons. The van der Waals surface area contributed by atoms with Gasteiger partial charge in [-0.3, -0.25) is 4.72 Å². The highest BCUT2D eigenvalue weighted by atomic mass is 35.5. The molecule has 15 heavy (non-hydrogen) atoms. The zero-order chi connectivity index (χ0) is 10.8. The number of benzene rings is 1. The molecule has 0 saturated heterocycles. The van der Waals surface area contributed by atoms with Crippen LogP contribution in [0.25, 0.3) is 0 Å². The van der Waals surface area contributed by atoms with Crippen molar-refractivity contribution in [2.45, 2.75) is 24.8 Å². The van der Waals surface area contributed by atoms with Gasteiger partial charge in [0, 0.05) is 11.1 Å². The van der Waals surface area contributed by atoms with E-state index in [9.17, 15) is 0 Å². The molecule has 1 aliphatic rings. The van der Waals surface area contributed by atoms with Gasteiger partial charge in [-0.2, -0.15) is 0 Å². The summed E-state index contributed by atoms with van der Waals surface area (Å²) in [5.74, 6) is 0.782. The van der Waals surface area contributed by atoms with Crippen LogP contribution in [0.4, 0.5) is 5.69 Å². The second kappa shape index (κ2) is 4.33. The zero-order valence-corrected chi connectivity index (χ0v) is 10.1. The lowest BCUT2D eigenvalue weighted by Gasteiger charge is -2.21. The van der Waals surface area contributed by atoms with E-state index in [1.165, 1.54) is 0 Å². The summed E-state index contributed by atoms with van der Waals surface area (Å²) in [5.41, 5.74) is 1.01. The molecule has 5 heteroatoms. The molecule has 2 N–H and O–H groups in total. The lowest BCUT2D eigenvalue weighted by molar-refractivity contribution is 0.831. The van der Waals surface area contributed by atoms with Gasteiger partial charge in [0.25, 0.3) is 0 Å². The summed E-state index contributed by atoms with van der Waals surface area (Å²) in [6, 6.07) is 6.03. The number of nitrogens with one attached hydrogen (secondary N) is 2. The number of guanidine groups is 1. The van der Waals surface area contributed by atoms with Gasteiger partial charge >= 0.3 is 0 Å². The minimum absolute atomic E-state index is 0.265. The fourth-order valence-electron chi connectivity index (χ4n) is 1.26. The maximum absolute atomic E-state index is 5.92. The highest BCUT2D eigenvalue weighted by Crippen LogP contribution is 2.31. The molecular formula is C10H12ClN3S. The van der Waals surface area contributed by atoms with Gasteiger partial charge < -0.3 is 5.32 Å². The molecule has 0 unspecified atom stereocenters. The molecule has 0 aliphatic carbocycles. The molecule has 0 amide bonds. The molecule has 0 bridgehead atoms. The Balaban J connectivity index is 2.26. The van der Waals surface area contributed by atoms with Crippen LogP contribution in [0.15, 0.2) is 28.1 Å². The maximum Gasteiger partial charge on any atom is 0.206 e. The van der Waals surface area contributed by atoms with Gasteiger partial charge in [0.15, 0.2) is 0 Å². The van der Waals surface area contributed by atoms with Crippen molar-refractivity contribution in [1.29, 1.82) is 0 Å². The Bertz CT molecular complexity index is 404. The number of fused-ring (bicyclic) bond motifs is 1. The highest BCUT2D eigenvalue weighted by Gasteiger charge is 2.13. The Morgan fingerprint density at radius 1 is 1.40 bits per heavy atom. The minimum atomic E-state index is 0.265. The predicted molar refractivity (Wildman–Crippen MR) is 66.6 cm³/mol. The molecule has 1 aromatic rings. The average molecular weight is 242 g/mol. The first kappa shape index (κ1) is 10.6. The molecule has 2 rings (SSSR count). The number of aliphatic imine (C=N–C) groups is 1. The number of nitrogens with zero attached hydrogens (tertiary/aromatic N) is 1. The van der Waals surface area contributed by atoms with Crippen molar-refractivity contribution in [1.82, 2.24) is 4.72 Å². The summed E-state index contributed by atoms with van der Waals surface area (Å²) in [5, 5.41) is 3.93. The summed E-state index contributed by atoms with van der Waals surface area (Å²) >= 11 is 7.47. The molecule has 1 aromatic carbocycles. The highest BCUT2D eigenvalue weighted by molar-refractivity contribution is 7.98. The Morgan fingerprint density at radius 2 is 2.20 bits per heavy atom. The smallest absolute Gasteiger partial charge is 0.206 e. The molecule has 0 spiro atoms. The van der Waals surface area contributed by atoms with E-state index in [2.05, 4.69) is 15.0 Å². The summed E-state index contributed by atoms with van der Waals surface area (Å²) in [6.45, 7) is 4.07. The van der Waals surface area contributed by atoms with E-state index in [4.69, 9.17) is 11.6 Å². The molecule has 0 saturated carbocycles. The molecule has 1 heterocycles. The lowest BCUT2D eigenvalue weighted by Crippen LogP contribution is -2.30. The predicted octanol–water partition coefficient (Wildman–Crippen LogP) is 3.13. The van der Waals surface area contributed by atoms with Crippen LogP contribution in [0.5, 0.6) is 0 Å². The standard InChI is InChI=1S/C10H12ClN3S/c1-6(2)12-10-13-8-5-7(11)3-4-9(8)15-14-10/h3-6H,1-2H3,(H2,12,13,14). The van der Waals surface area contributed by atoms with Crippen LogP contribution in [0.1, 0.15) is 13.8 Å². The van der Waals surface area contributed by atoms with E-state index < -0.39 is 0 Å². The van der Waals surface area contributed by atoms with Crippen LogP contribution in [-0.2, 0) is 0 Å². The van der Waals surface area contributed by atoms with E-state index in [1.54, 1.807) is 11.9 Å². The van der Waals surface area contributed by atoms with Gasteiger partial charge in [-0.1, -0.05) is 11.6 Å². The van der Waals surface area contributed by atoms with Crippen LogP contribution >= 0.6 is 23.5 Å². The monoisotopic (exact) mass is 241 g/mol. The summed E-state index contributed by atoms with van der Waals surface area (Å²) < 4.78 is 3.14. The number of hydrogen-bond donors (Lipinski definition) is 2. The van der Waals surface area contributed by atoms with E-state index in [0.29, 0.717) is 0 Å². The average Bonchev–Trinajstić information content (AvgIpc) is 2.16. The molecular weight excluding hydrogens is 230 g/mol. The molecule has 0 fully saturated rings. The Kier molecular flexibility index (Phi) is 3.07. The van der Waals surface area contributed by atoms with Gasteiger partial charge in [-0.15, -0.1) is 0 Å². The third-order valence-corrected chi connectivity index (χ3v) is 2.95. The number of halogens is 1. The second-order valence-electron chi connectivity index (χ2n) is 3.54. The van der Waals surface area contributed by atoms with Crippen LogP contribution < -0.4 is 10.0 Å². The minimum Gasteiger partial charge on any atom is -0.325 e. The van der Waals surface area contributed by atoms with Gasteiger partial charge in [-0.25, -0.2) is 4.99 Å². The molecule has 0 atom stereocenters. The van der Waals surface area contributed by atoms with Crippen molar-refractivity contribution in [3.8, 4) is 0 Å². The first-order valence-electron chi connectivity index (χ1n) is 4.72. The quantitative estimate of drug-likeness (QED) is 0.742. The third kappa shape index (κ3) is 2.58. The van der Waals surface area contributed by atoms with Gasteiger partial charge in [-0.05, 0) is 44.0 Å². The number of anilines is 1. The second-order valence-corrected chi connectivity index (χ2v) is 4.83. The number of rotatable bonds is 1. The fourth-order valence-corrected chi connectivity index (χ4v) is 2.10. The number of hydrogen-bond acceptors (Lipinski definition) is 2. The van der Waals surface area contributed by atoms with Crippen molar-refractivity contribution in [2.24, 2.45) is 4.99 Å². The van der Waals surface area contributed by atoms with Crippen molar-refractivity contribution in [2.75, 3.05) is 5.32 Å². The van der Waals surface area contributed by atoms with Gasteiger partial charge in [0.2, 0.25) is 5.96 Å². The van der Waals surface area contributed by atoms with E-state index in [-0.39, 0.29) is 6.04 Å². The first-order valence-corrected chi connectivity index (χ1v) is 5.92. The van der Waals surface area contributed by atoms with E-state index >= 15 is 0 Å². The largest absolute Gasteiger partial charge is 0.325 e. The summed E-state index contributed by atoms with van der Waals surface area (Å²) in [4.78, 5) is 5.52. The van der Waals surface area contributed by atoms with Crippen LogP contribution in [0.3, 0.4) is 0 Å². The van der Waals surface area contributed by atoms with E-state index in [0.717, 1.165) is 21.6 Å². The molecule has 80 valence electrons. The molecule has 3 nitrogen and oxygen atoms in total. The molecule has 1 aliphatic heterocycles. The van der Waals surface area contributed by atoms with Crippen molar-refractivity contribution in [3.63, 3.8) is 0 Å². The zero-order valence-electron chi connectivity index (χ0n) is 8.54. The van der Waals surface area contributed by atoms with Gasteiger partial charge in [0.1, 0.15) is 0 Å². The van der Waals surface area contributed by atoms with E-state index in [1.807, 2.05) is 32.0 Å². The lowest BCUT2D eigenvalue weighted by atomic mass is 10.3. The summed E-state index contributed by atoms with van der Waals surface area (Å²) in [7, 11) is 0. The SMILES string of the molecule is CC(C)N=C1NSc2ccc(Cl)cc2N1. The van der Waals surface area contributed by atoms with Crippen molar-refractivity contribution >= 4 is 35.2 Å². The van der Waals surface area contributed by atoms with Crippen LogP contribution in [0, 0.1) is 0 Å². The normalized spacial score (nSPS) is 17.2. The fraction of sp³-hybridized carbons (Fsp3) is 0.300. The Hall–Kier alpha value is -0.870. The Labute approximate surface area is 98.4 Å². The van der Waals surface area contributed by atoms with Crippen molar-refractivity contribution in [3.05, 3.63) is 23.2 Å². The van der Waals surface area contributed by atoms with Crippen molar-refractivity contribution < 1.29 is 0 Å². The summed E-state index contributed by atoms with van der Waals surface area (Å²) in [6.07, 6.45) is 0. The van der Waals surface area contributed by atoms with Crippen LogP contribution in [0.2, 0.25) is 5.02 Å². The van der Waals surface area contributed by atoms with Gasteiger partial charge in [0.05, 0.1) is 10.6 Å². The first-order chi connectivity index (χ1) is 7.15. The Morgan fingerprint density at radius 3 is 2.93 bits per heavy atom.